The number of methoxy groups -OCH3 is 3. The Labute approximate surface area is 164 Å². The smallest absolute Gasteiger partial charge is 0.274 e. The van der Waals surface area contributed by atoms with E-state index < -0.39 is 0 Å². The monoisotopic (exact) mass is 380 g/mol. The molecule has 0 spiro atoms. The molecule has 146 valence electrons. The summed E-state index contributed by atoms with van der Waals surface area (Å²) in [5.41, 5.74) is 4.64. The Morgan fingerprint density at radius 2 is 1.82 bits per heavy atom. The number of carbonyl (C=O) groups excluding carboxylic acids is 1. The lowest BCUT2D eigenvalue weighted by Crippen LogP contribution is -2.35. The second-order valence-electron chi connectivity index (χ2n) is 6.99. The maximum Gasteiger partial charge on any atom is 0.274 e. The van der Waals surface area contributed by atoms with Gasteiger partial charge in [-0.25, -0.2) is 0 Å². The highest BCUT2D eigenvalue weighted by molar-refractivity contribution is 6.09. The average Bonchev–Trinajstić information content (AvgIpc) is 3.14. The number of ether oxygens (including phenoxy) is 3. The number of aromatic amines is 1. The molecular formula is C22H24N2O4. The van der Waals surface area contributed by atoms with Crippen LogP contribution >= 0.6 is 0 Å². The Balaban J connectivity index is 1.79. The van der Waals surface area contributed by atoms with E-state index in [1.807, 2.05) is 29.2 Å². The minimum atomic E-state index is -0.0546. The van der Waals surface area contributed by atoms with E-state index >= 15 is 0 Å². The number of hydrogen-bond donors (Lipinski definition) is 1. The van der Waals surface area contributed by atoms with Gasteiger partial charge in [-0.3, -0.25) is 4.79 Å². The summed E-state index contributed by atoms with van der Waals surface area (Å²) in [7, 11) is 4.71. The predicted octanol–water partition coefficient (Wildman–Crippen LogP) is 4.10. The molecule has 1 N–H and O–H groups in total. The molecule has 1 aromatic heterocycles. The molecule has 2 aromatic carbocycles. The van der Waals surface area contributed by atoms with Crippen LogP contribution in [0.3, 0.4) is 0 Å². The maximum absolute atomic E-state index is 13.3. The first kappa shape index (κ1) is 18.2. The Morgan fingerprint density at radius 3 is 2.54 bits per heavy atom. The van der Waals surface area contributed by atoms with Crippen molar-refractivity contribution in [2.45, 2.75) is 19.8 Å². The van der Waals surface area contributed by atoms with E-state index in [2.05, 4.69) is 18.0 Å². The summed E-state index contributed by atoms with van der Waals surface area (Å²) in [6.45, 7) is 2.78. The molecule has 1 aliphatic heterocycles. The van der Waals surface area contributed by atoms with Gasteiger partial charge in [0.2, 0.25) is 5.75 Å². The van der Waals surface area contributed by atoms with Crippen molar-refractivity contribution in [3.63, 3.8) is 0 Å². The quantitative estimate of drug-likeness (QED) is 0.740. The van der Waals surface area contributed by atoms with Crippen LogP contribution in [-0.2, 0) is 6.42 Å². The van der Waals surface area contributed by atoms with Gasteiger partial charge in [0.25, 0.3) is 5.91 Å². The molecule has 0 radical (unpaired) electrons. The summed E-state index contributed by atoms with van der Waals surface area (Å²) in [6, 6.07) is 9.94. The summed E-state index contributed by atoms with van der Waals surface area (Å²) in [5, 5.41) is 0.832. The van der Waals surface area contributed by atoms with Crippen LogP contribution in [0.25, 0.3) is 10.9 Å². The Bertz CT molecular complexity index is 1050. The molecule has 0 saturated carbocycles. The van der Waals surface area contributed by atoms with Crippen LogP contribution in [0.1, 0.15) is 28.0 Å². The van der Waals surface area contributed by atoms with Gasteiger partial charge in [-0.05, 0) is 43.5 Å². The van der Waals surface area contributed by atoms with Crippen LogP contribution in [-0.4, -0.2) is 38.8 Å². The van der Waals surface area contributed by atoms with Crippen molar-refractivity contribution >= 4 is 22.5 Å². The normalized spacial score (nSPS) is 13.4. The summed E-state index contributed by atoms with van der Waals surface area (Å²) in [5.74, 6) is 1.52. The van der Waals surface area contributed by atoms with Gasteiger partial charge in [0.1, 0.15) is 5.69 Å². The lowest BCUT2D eigenvalue weighted by atomic mass is 9.99. The Morgan fingerprint density at radius 1 is 1.04 bits per heavy atom. The second-order valence-corrected chi connectivity index (χ2v) is 6.99. The van der Waals surface area contributed by atoms with Crippen LogP contribution in [0.5, 0.6) is 17.2 Å². The molecule has 6 nitrogen and oxygen atoms in total. The SMILES string of the molecule is COc1cc2cc(C(=O)N3CCCc4cc(C)ccc43)[nH]c2c(OC)c1OC. The zero-order valence-electron chi connectivity index (χ0n) is 16.6. The van der Waals surface area contributed by atoms with E-state index in [1.54, 1.807) is 21.3 Å². The first-order chi connectivity index (χ1) is 13.6. The first-order valence-electron chi connectivity index (χ1n) is 9.30. The number of nitrogens with zero attached hydrogens (tertiary/aromatic N) is 1. The number of fused-ring (bicyclic) bond motifs is 2. The van der Waals surface area contributed by atoms with Gasteiger partial charge >= 0.3 is 0 Å². The van der Waals surface area contributed by atoms with Crippen molar-refractivity contribution in [1.29, 1.82) is 0 Å². The lowest BCUT2D eigenvalue weighted by Gasteiger charge is -2.29. The van der Waals surface area contributed by atoms with Gasteiger partial charge in [-0.15, -0.1) is 0 Å². The fraction of sp³-hybridized carbons (Fsp3) is 0.318. The molecular weight excluding hydrogens is 356 g/mol. The largest absolute Gasteiger partial charge is 0.493 e. The minimum Gasteiger partial charge on any atom is -0.493 e. The van der Waals surface area contributed by atoms with Crippen molar-refractivity contribution in [3.05, 3.63) is 47.2 Å². The molecule has 6 heteroatoms. The van der Waals surface area contributed by atoms with Crippen molar-refractivity contribution in [3.8, 4) is 17.2 Å². The van der Waals surface area contributed by atoms with Gasteiger partial charge in [0, 0.05) is 17.6 Å². The van der Waals surface area contributed by atoms with Gasteiger partial charge in [0.05, 0.1) is 26.8 Å². The third-order valence-corrected chi connectivity index (χ3v) is 5.25. The van der Waals surface area contributed by atoms with Crippen molar-refractivity contribution in [1.82, 2.24) is 4.98 Å². The zero-order chi connectivity index (χ0) is 19.8. The number of aromatic nitrogens is 1. The number of aryl methyl sites for hydroxylation is 2. The fourth-order valence-corrected chi connectivity index (χ4v) is 3.94. The van der Waals surface area contributed by atoms with Gasteiger partial charge < -0.3 is 24.1 Å². The topological polar surface area (TPSA) is 63.8 Å². The number of carbonyl (C=O) groups is 1. The lowest BCUT2D eigenvalue weighted by molar-refractivity contribution is 0.0981. The maximum atomic E-state index is 13.3. The summed E-state index contributed by atoms with van der Waals surface area (Å²) >= 11 is 0. The van der Waals surface area contributed by atoms with Crippen LogP contribution in [0.4, 0.5) is 5.69 Å². The molecule has 0 bridgehead atoms. The number of nitrogens with one attached hydrogen (secondary N) is 1. The van der Waals surface area contributed by atoms with Crippen molar-refractivity contribution in [2.24, 2.45) is 0 Å². The summed E-state index contributed by atoms with van der Waals surface area (Å²) < 4.78 is 16.4. The molecule has 0 aliphatic carbocycles. The number of benzene rings is 2. The van der Waals surface area contributed by atoms with Crippen LogP contribution < -0.4 is 19.1 Å². The zero-order valence-corrected chi connectivity index (χ0v) is 16.6. The molecule has 3 aromatic rings. The first-order valence-corrected chi connectivity index (χ1v) is 9.30. The van der Waals surface area contributed by atoms with Crippen molar-refractivity contribution in [2.75, 3.05) is 32.8 Å². The molecule has 0 atom stereocenters. The second kappa shape index (κ2) is 7.11. The van der Waals surface area contributed by atoms with E-state index in [9.17, 15) is 4.79 Å². The van der Waals surface area contributed by atoms with Gasteiger partial charge in [0.15, 0.2) is 11.5 Å². The number of rotatable bonds is 4. The molecule has 28 heavy (non-hydrogen) atoms. The standard InChI is InChI=1S/C22H24N2O4/c1-13-7-8-17-14(10-13)6-5-9-24(17)22(25)16-11-15-12-18(26-2)20(27-3)21(28-4)19(15)23-16/h7-8,10-12,23H,5-6,9H2,1-4H3. The van der Waals surface area contributed by atoms with Crippen LogP contribution in [0.2, 0.25) is 0 Å². The summed E-state index contributed by atoms with van der Waals surface area (Å²) in [6.07, 6.45) is 1.95. The van der Waals surface area contributed by atoms with Crippen molar-refractivity contribution < 1.29 is 19.0 Å². The molecule has 2 heterocycles. The highest BCUT2D eigenvalue weighted by atomic mass is 16.5. The molecule has 0 fully saturated rings. The predicted molar refractivity (Wildman–Crippen MR) is 109 cm³/mol. The Hall–Kier alpha value is -3.15. The number of anilines is 1. The Kier molecular flexibility index (Phi) is 4.63. The van der Waals surface area contributed by atoms with E-state index in [-0.39, 0.29) is 5.91 Å². The third-order valence-electron chi connectivity index (χ3n) is 5.25. The number of H-pyrrole nitrogens is 1. The average molecular weight is 380 g/mol. The van der Waals surface area contributed by atoms with E-state index in [1.165, 1.54) is 11.1 Å². The highest BCUT2D eigenvalue weighted by Gasteiger charge is 2.26. The van der Waals surface area contributed by atoms with Gasteiger partial charge in [-0.1, -0.05) is 17.7 Å². The van der Waals surface area contributed by atoms with Gasteiger partial charge in [-0.2, -0.15) is 0 Å². The third kappa shape index (κ3) is 2.85. The van der Waals surface area contributed by atoms with Crippen LogP contribution in [0, 0.1) is 6.92 Å². The molecule has 0 saturated heterocycles. The van der Waals surface area contributed by atoms with E-state index in [4.69, 9.17) is 14.2 Å². The molecule has 1 aliphatic rings. The van der Waals surface area contributed by atoms with E-state index in [0.29, 0.717) is 35.0 Å². The minimum absolute atomic E-state index is 0.0546. The number of hydrogen-bond acceptors (Lipinski definition) is 4. The summed E-state index contributed by atoms with van der Waals surface area (Å²) in [4.78, 5) is 18.4. The molecule has 4 rings (SSSR count). The number of amides is 1. The highest BCUT2D eigenvalue weighted by Crippen LogP contribution is 2.43. The fourth-order valence-electron chi connectivity index (χ4n) is 3.94. The van der Waals surface area contributed by atoms with E-state index in [0.717, 1.165) is 23.9 Å². The molecule has 0 unspecified atom stereocenters. The molecule has 1 amide bonds. The van der Waals surface area contributed by atoms with Crippen LogP contribution in [0.15, 0.2) is 30.3 Å².